The number of hydrogen-bond donors (Lipinski definition) is 0. The van der Waals surface area contributed by atoms with E-state index in [1.807, 2.05) is 12.1 Å². The summed E-state index contributed by atoms with van der Waals surface area (Å²) in [5.74, 6) is 1.35. The van der Waals surface area contributed by atoms with Gasteiger partial charge in [-0.05, 0) is 32.4 Å². The van der Waals surface area contributed by atoms with Crippen LogP contribution in [0, 0.1) is 0 Å². The number of anilines is 1. The normalized spacial score (nSPS) is 12.5. The molecule has 1 heterocycles. The van der Waals surface area contributed by atoms with Gasteiger partial charge in [-0.3, -0.25) is 0 Å². The second kappa shape index (κ2) is 5.91. The van der Waals surface area contributed by atoms with Crippen LogP contribution in [0.15, 0.2) is 12.1 Å². The van der Waals surface area contributed by atoms with Gasteiger partial charge in [0.25, 0.3) is 0 Å². The lowest BCUT2D eigenvalue weighted by molar-refractivity contribution is 0.618. The van der Waals surface area contributed by atoms with Gasteiger partial charge >= 0.3 is 0 Å². The van der Waals surface area contributed by atoms with Gasteiger partial charge in [0.1, 0.15) is 0 Å². The SMILES string of the molecule is CCC(C)N(CC)c1ccc(CCl)nn1. The Morgan fingerprint density at radius 2 is 2.07 bits per heavy atom. The van der Waals surface area contributed by atoms with Crippen molar-refractivity contribution in [3.05, 3.63) is 17.8 Å². The van der Waals surface area contributed by atoms with Gasteiger partial charge in [0.2, 0.25) is 0 Å². The van der Waals surface area contributed by atoms with Crippen LogP contribution in [0.5, 0.6) is 0 Å². The summed E-state index contributed by atoms with van der Waals surface area (Å²) in [4.78, 5) is 2.24. The van der Waals surface area contributed by atoms with E-state index in [1.165, 1.54) is 0 Å². The summed E-state index contributed by atoms with van der Waals surface area (Å²) in [5.41, 5.74) is 0.820. The van der Waals surface area contributed by atoms with Crippen LogP contribution >= 0.6 is 11.6 Å². The van der Waals surface area contributed by atoms with Crippen LogP contribution in [0.2, 0.25) is 0 Å². The second-order valence-electron chi connectivity index (χ2n) is 3.56. The van der Waals surface area contributed by atoms with Crippen molar-refractivity contribution in [1.82, 2.24) is 10.2 Å². The molecule has 1 unspecified atom stereocenters. The lowest BCUT2D eigenvalue weighted by atomic mass is 10.2. The highest BCUT2D eigenvalue weighted by molar-refractivity contribution is 6.16. The number of aromatic nitrogens is 2. The first-order valence-electron chi connectivity index (χ1n) is 5.38. The average molecular weight is 228 g/mol. The molecule has 0 N–H and O–H groups in total. The molecule has 0 bridgehead atoms. The Bertz CT molecular complexity index is 286. The lowest BCUT2D eigenvalue weighted by Gasteiger charge is -2.27. The molecule has 0 spiro atoms. The van der Waals surface area contributed by atoms with E-state index in [1.54, 1.807) is 0 Å². The summed E-state index contributed by atoms with van der Waals surface area (Å²) in [6.45, 7) is 7.45. The van der Waals surface area contributed by atoms with E-state index in [-0.39, 0.29) is 0 Å². The van der Waals surface area contributed by atoms with Crippen molar-refractivity contribution in [2.75, 3.05) is 11.4 Å². The molecule has 0 saturated heterocycles. The smallest absolute Gasteiger partial charge is 0.151 e. The zero-order valence-corrected chi connectivity index (χ0v) is 10.3. The van der Waals surface area contributed by atoms with Crippen molar-refractivity contribution in [3.63, 3.8) is 0 Å². The van der Waals surface area contributed by atoms with Gasteiger partial charge in [0.05, 0.1) is 11.6 Å². The maximum Gasteiger partial charge on any atom is 0.151 e. The Morgan fingerprint density at radius 1 is 1.33 bits per heavy atom. The highest BCUT2D eigenvalue weighted by Crippen LogP contribution is 2.14. The first-order valence-corrected chi connectivity index (χ1v) is 5.91. The Balaban J connectivity index is 2.83. The predicted molar refractivity (Wildman–Crippen MR) is 64.4 cm³/mol. The highest BCUT2D eigenvalue weighted by Gasteiger charge is 2.12. The van der Waals surface area contributed by atoms with Crippen LogP contribution in [0.3, 0.4) is 0 Å². The third-order valence-electron chi connectivity index (χ3n) is 2.60. The van der Waals surface area contributed by atoms with E-state index in [0.29, 0.717) is 11.9 Å². The molecule has 1 aromatic rings. The maximum atomic E-state index is 5.67. The number of halogens is 1. The summed E-state index contributed by atoms with van der Waals surface area (Å²) in [6, 6.07) is 4.41. The Kier molecular flexibility index (Phi) is 4.82. The molecule has 1 atom stereocenters. The van der Waals surface area contributed by atoms with Gasteiger partial charge in [-0.25, -0.2) is 0 Å². The molecular formula is C11H18ClN3. The monoisotopic (exact) mass is 227 g/mol. The van der Waals surface area contributed by atoms with E-state index >= 15 is 0 Å². The molecule has 0 aliphatic carbocycles. The zero-order valence-electron chi connectivity index (χ0n) is 9.57. The third kappa shape index (κ3) is 3.06. The molecule has 1 aromatic heterocycles. The van der Waals surface area contributed by atoms with Crippen molar-refractivity contribution < 1.29 is 0 Å². The van der Waals surface area contributed by atoms with E-state index in [0.717, 1.165) is 24.5 Å². The van der Waals surface area contributed by atoms with Crippen LogP contribution in [0.4, 0.5) is 5.82 Å². The topological polar surface area (TPSA) is 29.0 Å². The minimum atomic E-state index is 0.419. The van der Waals surface area contributed by atoms with Gasteiger partial charge in [-0.15, -0.1) is 16.7 Å². The molecule has 0 aliphatic rings. The fourth-order valence-electron chi connectivity index (χ4n) is 1.50. The standard InChI is InChI=1S/C11H18ClN3/c1-4-9(3)15(5-2)11-7-6-10(8-12)13-14-11/h6-7,9H,4-5,8H2,1-3H3. The van der Waals surface area contributed by atoms with Crippen LogP contribution in [0.1, 0.15) is 32.9 Å². The largest absolute Gasteiger partial charge is 0.353 e. The van der Waals surface area contributed by atoms with E-state index in [2.05, 4.69) is 35.9 Å². The van der Waals surface area contributed by atoms with Crippen molar-refractivity contribution in [1.29, 1.82) is 0 Å². The number of nitrogens with zero attached hydrogens (tertiary/aromatic N) is 3. The molecule has 0 aliphatic heterocycles. The van der Waals surface area contributed by atoms with Gasteiger partial charge in [-0.1, -0.05) is 6.92 Å². The van der Waals surface area contributed by atoms with Gasteiger partial charge < -0.3 is 4.90 Å². The Labute approximate surface area is 96.5 Å². The first kappa shape index (κ1) is 12.2. The molecule has 0 saturated carbocycles. The zero-order chi connectivity index (χ0) is 11.3. The lowest BCUT2D eigenvalue weighted by Crippen LogP contribution is -2.33. The Hall–Kier alpha value is -0.830. The molecule has 0 amide bonds. The minimum absolute atomic E-state index is 0.419. The summed E-state index contributed by atoms with van der Waals surface area (Å²) in [5, 5.41) is 8.24. The van der Waals surface area contributed by atoms with Crippen LogP contribution < -0.4 is 4.90 Å². The maximum absolute atomic E-state index is 5.67. The van der Waals surface area contributed by atoms with Crippen molar-refractivity contribution in [2.45, 2.75) is 39.1 Å². The minimum Gasteiger partial charge on any atom is -0.353 e. The van der Waals surface area contributed by atoms with Gasteiger partial charge in [0.15, 0.2) is 5.82 Å². The first-order chi connectivity index (χ1) is 7.22. The molecule has 0 radical (unpaired) electrons. The van der Waals surface area contributed by atoms with E-state index in [4.69, 9.17) is 11.6 Å². The predicted octanol–water partition coefficient (Wildman–Crippen LogP) is 2.84. The molecular weight excluding hydrogens is 210 g/mol. The fourth-order valence-corrected chi connectivity index (χ4v) is 1.64. The number of hydrogen-bond acceptors (Lipinski definition) is 3. The number of alkyl halides is 1. The molecule has 3 nitrogen and oxygen atoms in total. The van der Waals surface area contributed by atoms with Crippen LogP contribution in [-0.4, -0.2) is 22.8 Å². The summed E-state index contributed by atoms with van der Waals surface area (Å²) < 4.78 is 0. The van der Waals surface area contributed by atoms with Crippen LogP contribution in [-0.2, 0) is 5.88 Å². The summed E-state index contributed by atoms with van der Waals surface area (Å²) in [6.07, 6.45) is 1.10. The molecule has 0 fully saturated rings. The summed E-state index contributed by atoms with van der Waals surface area (Å²) >= 11 is 5.67. The molecule has 84 valence electrons. The second-order valence-corrected chi connectivity index (χ2v) is 3.83. The van der Waals surface area contributed by atoms with Crippen molar-refractivity contribution in [2.24, 2.45) is 0 Å². The highest BCUT2D eigenvalue weighted by atomic mass is 35.5. The quantitative estimate of drug-likeness (QED) is 0.725. The third-order valence-corrected chi connectivity index (χ3v) is 2.87. The van der Waals surface area contributed by atoms with Crippen molar-refractivity contribution in [3.8, 4) is 0 Å². The Morgan fingerprint density at radius 3 is 2.47 bits per heavy atom. The van der Waals surface area contributed by atoms with Gasteiger partial charge in [0, 0.05) is 12.6 Å². The van der Waals surface area contributed by atoms with Gasteiger partial charge in [-0.2, -0.15) is 5.10 Å². The van der Waals surface area contributed by atoms with E-state index < -0.39 is 0 Å². The van der Waals surface area contributed by atoms with E-state index in [9.17, 15) is 0 Å². The molecule has 15 heavy (non-hydrogen) atoms. The average Bonchev–Trinajstić information content (AvgIpc) is 2.30. The molecule has 1 rings (SSSR count). The number of rotatable bonds is 5. The van der Waals surface area contributed by atoms with Crippen molar-refractivity contribution >= 4 is 17.4 Å². The molecule has 0 aromatic carbocycles. The summed E-state index contributed by atoms with van der Waals surface area (Å²) in [7, 11) is 0. The van der Waals surface area contributed by atoms with Crippen LogP contribution in [0.25, 0.3) is 0 Å². The molecule has 4 heteroatoms. The fraction of sp³-hybridized carbons (Fsp3) is 0.636.